The van der Waals surface area contributed by atoms with E-state index in [1.807, 2.05) is 44.2 Å². The minimum absolute atomic E-state index is 0.0923. The fourth-order valence-corrected chi connectivity index (χ4v) is 4.38. The van der Waals surface area contributed by atoms with Gasteiger partial charge in [-0.1, -0.05) is 18.2 Å². The Morgan fingerprint density at radius 3 is 2.10 bits per heavy atom. The number of piperazine rings is 1. The zero-order valence-corrected chi connectivity index (χ0v) is 17.2. The van der Waals surface area contributed by atoms with Crippen LogP contribution in [0.2, 0.25) is 0 Å². The molecule has 2 amide bonds. The number of aryl methyl sites for hydroxylation is 2. The Labute approximate surface area is 171 Å². The molecule has 6 heteroatoms. The first kappa shape index (κ1) is 19.5. The van der Waals surface area contributed by atoms with E-state index in [0.717, 1.165) is 54.4 Å². The van der Waals surface area contributed by atoms with Gasteiger partial charge in [0.15, 0.2) is 0 Å². The Morgan fingerprint density at radius 2 is 1.52 bits per heavy atom. The topological polar surface area (TPSA) is 53.1 Å². The van der Waals surface area contributed by atoms with Crippen LogP contribution in [0.3, 0.4) is 0 Å². The second-order valence-electron chi connectivity index (χ2n) is 7.75. The molecule has 1 atom stereocenters. The number of amides is 2. The number of methoxy groups -OCH3 is 1. The van der Waals surface area contributed by atoms with Crippen LogP contribution in [0.25, 0.3) is 0 Å². The number of anilines is 2. The van der Waals surface area contributed by atoms with Crippen molar-refractivity contribution in [3.05, 3.63) is 53.6 Å². The number of carbonyl (C=O) groups is 2. The zero-order valence-electron chi connectivity index (χ0n) is 17.2. The van der Waals surface area contributed by atoms with Gasteiger partial charge >= 0.3 is 0 Å². The van der Waals surface area contributed by atoms with Crippen molar-refractivity contribution in [2.45, 2.75) is 26.3 Å². The summed E-state index contributed by atoms with van der Waals surface area (Å²) in [4.78, 5) is 31.8. The molecule has 0 N–H and O–H groups in total. The lowest BCUT2D eigenvalue weighted by molar-refractivity contribution is -0.123. The molecule has 0 spiro atoms. The number of imide groups is 1. The third-order valence-corrected chi connectivity index (χ3v) is 5.98. The van der Waals surface area contributed by atoms with Gasteiger partial charge in [0.2, 0.25) is 5.91 Å². The summed E-state index contributed by atoms with van der Waals surface area (Å²) in [7, 11) is 1.66. The van der Waals surface area contributed by atoms with Gasteiger partial charge < -0.3 is 9.64 Å². The second-order valence-corrected chi connectivity index (χ2v) is 7.75. The highest BCUT2D eigenvalue weighted by Gasteiger charge is 2.44. The minimum atomic E-state index is -0.362. The highest BCUT2D eigenvalue weighted by Crippen LogP contribution is 2.32. The van der Waals surface area contributed by atoms with Crippen LogP contribution in [-0.2, 0) is 9.59 Å². The van der Waals surface area contributed by atoms with E-state index in [0.29, 0.717) is 0 Å². The van der Waals surface area contributed by atoms with Gasteiger partial charge in [-0.2, -0.15) is 0 Å². The van der Waals surface area contributed by atoms with Crippen molar-refractivity contribution in [3.8, 4) is 5.75 Å². The van der Waals surface area contributed by atoms with Crippen molar-refractivity contribution in [2.75, 3.05) is 43.1 Å². The molecule has 1 unspecified atom stereocenters. The summed E-state index contributed by atoms with van der Waals surface area (Å²) >= 11 is 0. The molecule has 29 heavy (non-hydrogen) atoms. The molecule has 2 aliphatic heterocycles. The van der Waals surface area contributed by atoms with Crippen molar-refractivity contribution in [1.82, 2.24) is 4.90 Å². The molecular formula is C23H27N3O3. The average molecular weight is 393 g/mol. The lowest BCUT2D eigenvalue weighted by Crippen LogP contribution is -2.52. The summed E-state index contributed by atoms with van der Waals surface area (Å²) in [5.74, 6) is 0.648. The van der Waals surface area contributed by atoms with Crippen LogP contribution in [0, 0.1) is 13.8 Å². The van der Waals surface area contributed by atoms with Crippen molar-refractivity contribution < 1.29 is 14.3 Å². The SMILES string of the molecule is COc1ccc(N2CCN(C3CC(=O)N(c4c(C)cccc4C)C3=O)CC2)cc1. The minimum Gasteiger partial charge on any atom is -0.497 e. The fraction of sp³-hybridized carbons (Fsp3) is 0.391. The molecule has 2 fully saturated rings. The Kier molecular flexibility index (Phi) is 5.28. The maximum absolute atomic E-state index is 13.2. The monoisotopic (exact) mass is 393 g/mol. The molecule has 2 aliphatic rings. The Balaban J connectivity index is 1.45. The highest BCUT2D eigenvalue weighted by molar-refractivity contribution is 6.23. The summed E-state index contributed by atoms with van der Waals surface area (Å²) in [6.45, 7) is 7.07. The predicted octanol–water partition coefficient (Wildman–Crippen LogP) is 2.77. The van der Waals surface area contributed by atoms with Crippen LogP contribution in [0.15, 0.2) is 42.5 Å². The summed E-state index contributed by atoms with van der Waals surface area (Å²) in [6.07, 6.45) is 0.259. The molecular weight excluding hydrogens is 366 g/mol. The maximum atomic E-state index is 13.2. The molecule has 4 rings (SSSR count). The molecule has 2 saturated heterocycles. The molecule has 2 aromatic carbocycles. The van der Waals surface area contributed by atoms with E-state index in [2.05, 4.69) is 21.9 Å². The maximum Gasteiger partial charge on any atom is 0.251 e. The van der Waals surface area contributed by atoms with E-state index in [1.165, 1.54) is 4.90 Å². The molecule has 6 nitrogen and oxygen atoms in total. The number of carbonyl (C=O) groups excluding carboxylic acids is 2. The molecule has 0 aromatic heterocycles. The second kappa shape index (κ2) is 7.87. The predicted molar refractivity (Wildman–Crippen MR) is 114 cm³/mol. The van der Waals surface area contributed by atoms with Gasteiger partial charge in [-0.25, -0.2) is 4.90 Å². The Morgan fingerprint density at radius 1 is 0.897 bits per heavy atom. The van der Waals surface area contributed by atoms with E-state index in [4.69, 9.17) is 4.74 Å². The number of nitrogens with zero attached hydrogens (tertiary/aromatic N) is 3. The van der Waals surface area contributed by atoms with Gasteiger partial charge in [-0.05, 0) is 49.2 Å². The first-order valence-corrected chi connectivity index (χ1v) is 10.1. The summed E-state index contributed by atoms with van der Waals surface area (Å²) < 4.78 is 5.23. The van der Waals surface area contributed by atoms with E-state index < -0.39 is 0 Å². The third kappa shape index (κ3) is 3.60. The lowest BCUT2D eigenvalue weighted by Gasteiger charge is -2.38. The number of rotatable bonds is 4. The average Bonchev–Trinajstić information content (AvgIpc) is 3.03. The fourth-order valence-electron chi connectivity index (χ4n) is 4.38. The van der Waals surface area contributed by atoms with Gasteiger partial charge in [0, 0.05) is 31.9 Å². The first-order valence-electron chi connectivity index (χ1n) is 10.1. The zero-order chi connectivity index (χ0) is 20.5. The molecule has 0 radical (unpaired) electrons. The third-order valence-electron chi connectivity index (χ3n) is 5.98. The number of hydrogen-bond donors (Lipinski definition) is 0. The van der Waals surface area contributed by atoms with Crippen LogP contribution in [0.1, 0.15) is 17.5 Å². The van der Waals surface area contributed by atoms with Crippen molar-refractivity contribution >= 4 is 23.2 Å². The molecule has 0 saturated carbocycles. The molecule has 2 aromatic rings. The van der Waals surface area contributed by atoms with E-state index >= 15 is 0 Å². The normalized spacial score (nSPS) is 20.4. The van der Waals surface area contributed by atoms with E-state index in [9.17, 15) is 9.59 Å². The van der Waals surface area contributed by atoms with Crippen LogP contribution in [0.4, 0.5) is 11.4 Å². The number of para-hydroxylation sites is 1. The van der Waals surface area contributed by atoms with Crippen LogP contribution in [0.5, 0.6) is 5.75 Å². The summed E-state index contributed by atoms with van der Waals surface area (Å²) in [5.41, 5.74) is 3.81. The molecule has 0 aliphatic carbocycles. The van der Waals surface area contributed by atoms with Crippen LogP contribution >= 0.6 is 0 Å². The number of ether oxygens (including phenoxy) is 1. The summed E-state index contributed by atoms with van der Waals surface area (Å²) in [6, 6.07) is 13.5. The van der Waals surface area contributed by atoms with Gasteiger partial charge in [-0.3, -0.25) is 14.5 Å². The van der Waals surface area contributed by atoms with E-state index in [-0.39, 0.29) is 24.3 Å². The van der Waals surface area contributed by atoms with Gasteiger partial charge in [0.1, 0.15) is 5.75 Å². The smallest absolute Gasteiger partial charge is 0.251 e. The largest absolute Gasteiger partial charge is 0.497 e. The number of hydrogen-bond acceptors (Lipinski definition) is 5. The first-order chi connectivity index (χ1) is 14.0. The van der Waals surface area contributed by atoms with Crippen LogP contribution in [-0.4, -0.2) is 56.0 Å². The Bertz CT molecular complexity index is 897. The van der Waals surface area contributed by atoms with Crippen molar-refractivity contribution in [2.24, 2.45) is 0 Å². The van der Waals surface area contributed by atoms with Gasteiger partial charge in [0.25, 0.3) is 5.91 Å². The van der Waals surface area contributed by atoms with Crippen molar-refractivity contribution in [1.29, 1.82) is 0 Å². The standard InChI is InChI=1S/C23H27N3O3/c1-16-5-4-6-17(2)22(16)26-21(27)15-20(23(26)28)25-13-11-24(12-14-25)18-7-9-19(29-3)10-8-18/h4-10,20H,11-15H2,1-3H3. The van der Waals surface area contributed by atoms with Gasteiger partial charge in [-0.15, -0.1) is 0 Å². The molecule has 152 valence electrons. The lowest BCUT2D eigenvalue weighted by atomic mass is 10.1. The van der Waals surface area contributed by atoms with Crippen LogP contribution < -0.4 is 14.5 Å². The quantitative estimate of drug-likeness (QED) is 0.748. The molecule has 0 bridgehead atoms. The molecule has 2 heterocycles. The van der Waals surface area contributed by atoms with E-state index in [1.54, 1.807) is 7.11 Å². The van der Waals surface area contributed by atoms with Gasteiger partial charge in [0.05, 0.1) is 25.3 Å². The van der Waals surface area contributed by atoms with Crippen molar-refractivity contribution in [3.63, 3.8) is 0 Å². The highest BCUT2D eigenvalue weighted by atomic mass is 16.5. The Hall–Kier alpha value is -2.86. The number of benzene rings is 2. The summed E-state index contributed by atoms with van der Waals surface area (Å²) in [5, 5.41) is 0.